The molecule has 2 aromatic carbocycles. The summed E-state index contributed by atoms with van der Waals surface area (Å²) in [6, 6.07) is 13.6. The maximum atomic E-state index is 12.9. The number of hydrogen-bond donors (Lipinski definition) is 1. The Bertz CT molecular complexity index is 1170. The Morgan fingerprint density at radius 3 is 2.35 bits per heavy atom. The summed E-state index contributed by atoms with van der Waals surface area (Å²) in [4.78, 5) is 38.2. The minimum absolute atomic E-state index is 0.00667. The lowest BCUT2D eigenvalue weighted by Gasteiger charge is -2.16. The molecule has 0 spiro atoms. The lowest BCUT2D eigenvalue weighted by Crippen LogP contribution is -2.32. The SMILES string of the molecule is COc1ccccc1NC(=O)[C@@H](C)OC(=O)c1nn(CC(C)C)c(=O)c2ccccc12. The molecule has 0 unspecified atom stereocenters. The van der Waals surface area contributed by atoms with Crippen LogP contribution in [0.1, 0.15) is 31.3 Å². The molecule has 1 amide bonds. The molecule has 1 heterocycles. The molecule has 1 N–H and O–H groups in total. The van der Waals surface area contributed by atoms with Crippen LogP contribution in [0.3, 0.4) is 0 Å². The number of anilines is 1. The highest BCUT2D eigenvalue weighted by atomic mass is 16.5. The molecule has 0 aliphatic carbocycles. The quantitative estimate of drug-likeness (QED) is 0.586. The van der Waals surface area contributed by atoms with Crippen LogP contribution in [0.4, 0.5) is 5.69 Å². The molecular weight excluding hydrogens is 398 g/mol. The molecule has 3 aromatic rings. The number of benzene rings is 2. The third kappa shape index (κ3) is 4.91. The first-order valence-corrected chi connectivity index (χ1v) is 9.96. The van der Waals surface area contributed by atoms with Crippen LogP contribution in [0, 0.1) is 5.92 Å². The van der Waals surface area contributed by atoms with Gasteiger partial charge >= 0.3 is 5.97 Å². The van der Waals surface area contributed by atoms with Gasteiger partial charge in [0.2, 0.25) is 0 Å². The maximum Gasteiger partial charge on any atom is 0.360 e. The van der Waals surface area contributed by atoms with Gasteiger partial charge in [0.25, 0.3) is 11.5 Å². The Balaban J connectivity index is 1.86. The van der Waals surface area contributed by atoms with E-state index in [0.717, 1.165) is 0 Å². The Labute approximate surface area is 179 Å². The maximum absolute atomic E-state index is 12.9. The molecule has 0 saturated carbocycles. The second-order valence-electron chi connectivity index (χ2n) is 7.51. The first kappa shape index (κ1) is 22.0. The van der Waals surface area contributed by atoms with Gasteiger partial charge in [0.15, 0.2) is 11.8 Å². The summed E-state index contributed by atoms with van der Waals surface area (Å²) < 4.78 is 11.9. The summed E-state index contributed by atoms with van der Waals surface area (Å²) in [7, 11) is 1.50. The van der Waals surface area contributed by atoms with Crippen LogP contribution in [-0.4, -0.2) is 34.9 Å². The molecular formula is C23H25N3O5. The Morgan fingerprint density at radius 1 is 1.03 bits per heavy atom. The molecule has 0 bridgehead atoms. The van der Waals surface area contributed by atoms with Gasteiger partial charge in [-0.05, 0) is 31.0 Å². The highest BCUT2D eigenvalue weighted by molar-refractivity contribution is 6.04. The molecule has 0 aliphatic rings. The number of nitrogens with zero attached hydrogens (tertiary/aromatic N) is 2. The molecule has 31 heavy (non-hydrogen) atoms. The molecule has 0 saturated heterocycles. The second-order valence-corrected chi connectivity index (χ2v) is 7.51. The van der Waals surface area contributed by atoms with E-state index in [1.54, 1.807) is 48.5 Å². The van der Waals surface area contributed by atoms with Gasteiger partial charge in [-0.3, -0.25) is 9.59 Å². The van der Waals surface area contributed by atoms with Crippen molar-refractivity contribution in [1.82, 2.24) is 9.78 Å². The molecule has 0 aliphatic heterocycles. The summed E-state index contributed by atoms with van der Waals surface area (Å²) in [5.74, 6) is -0.655. The summed E-state index contributed by atoms with van der Waals surface area (Å²) in [6.45, 7) is 5.72. The summed E-state index contributed by atoms with van der Waals surface area (Å²) in [6.07, 6.45) is -1.09. The van der Waals surface area contributed by atoms with Crippen LogP contribution in [0.5, 0.6) is 5.75 Å². The fourth-order valence-electron chi connectivity index (χ4n) is 3.11. The van der Waals surface area contributed by atoms with E-state index in [1.165, 1.54) is 18.7 Å². The van der Waals surface area contributed by atoms with Crippen LogP contribution in [-0.2, 0) is 16.1 Å². The first-order chi connectivity index (χ1) is 14.8. The molecule has 0 radical (unpaired) electrons. The van der Waals surface area contributed by atoms with E-state index in [2.05, 4.69) is 10.4 Å². The van der Waals surface area contributed by atoms with Crippen molar-refractivity contribution >= 4 is 28.3 Å². The molecule has 1 atom stereocenters. The van der Waals surface area contributed by atoms with Crippen LogP contribution in [0.25, 0.3) is 10.8 Å². The number of rotatable bonds is 7. The van der Waals surface area contributed by atoms with E-state index < -0.39 is 18.0 Å². The van der Waals surface area contributed by atoms with Gasteiger partial charge in [-0.2, -0.15) is 5.10 Å². The van der Waals surface area contributed by atoms with Gasteiger partial charge in [-0.15, -0.1) is 0 Å². The second kappa shape index (κ2) is 9.42. The highest BCUT2D eigenvalue weighted by Gasteiger charge is 2.24. The number of carbonyl (C=O) groups excluding carboxylic acids is 2. The van der Waals surface area contributed by atoms with Crippen molar-refractivity contribution in [3.8, 4) is 5.75 Å². The van der Waals surface area contributed by atoms with Crippen LogP contribution in [0.15, 0.2) is 53.3 Å². The van der Waals surface area contributed by atoms with E-state index in [4.69, 9.17) is 9.47 Å². The predicted octanol–water partition coefficient (Wildman–Crippen LogP) is 3.25. The minimum atomic E-state index is -1.09. The number of nitrogens with one attached hydrogen (secondary N) is 1. The normalized spacial score (nSPS) is 11.9. The van der Waals surface area contributed by atoms with Gasteiger partial charge in [0.05, 0.1) is 18.2 Å². The first-order valence-electron chi connectivity index (χ1n) is 9.96. The standard InChI is InChI=1S/C23H25N3O5/c1-14(2)13-26-22(28)17-10-6-5-9-16(17)20(25-26)23(29)31-15(3)21(27)24-18-11-7-8-12-19(18)30-4/h5-12,14-15H,13H2,1-4H3,(H,24,27)/t15-/m1/s1. The Morgan fingerprint density at radius 2 is 1.68 bits per heavy atom. The molecule has 1 aromatic heterocycles. The lowest BCUT2D eigenvalue weighted by molar-refractivity contribution is -0.123. The van der Waals surface area contributed by atoms with Gasteiger partial charge in [-0.1, -0.05) is 44.2 Å². The smallest absolute Gasteiger partial charge is 0.360 e. The number of amides is 1. The van der Waals surface area contributed by atoms with Crippen molar-refractivity contribution in [3.63, 3.8) is 0 Å². The van der Waals surface area contributed by atoms with Gasteiger partial charge < -0.3 is 14.8 Å². The largest absolute Gasteiger partial charge is 0.495 e. The Kier molecular flexibility index (Phi) is 6.69. The van der Waals surface area contributed by atoms with Crippen molar-refractivity contribution in [2.75, 3.05) is 12.4 Å². The molecule has 8 heteroatoms. The number of hydrogen-bond acceptors (Lipinski definition) is 6. The average Bonchev–Trinajstić information content (AvgIpc) is 2.75. The van der Waals surface area contributed by atoms with Crippen LogP contribution in [0.2, 0.25) is 0 Å². The van der Waals surface area contributed by atoms with Crippen LogP contribution >= 0.6 is 0 Å². The third-order valence-corrected chi connectivity index (χ3v) is 4.62. The molecule has 0 fully saturated rings. The summed E-state index contributed by atoms with van der Waals surface area (Å²) in [5.41, 5.74) is 0.183. The number of para-hydroxylation sites is 2. The van der Waals surface area contributed by atoms with E-state index in [9.17, 15) is 14.4 Å². The van der Waals surface area contributed by atoms with E-state index in [1.807, 2.05) is 13.8 Å². The number of aromatic nitrogens is 2. The summed E-state index contributed by atoms with van der Waals surface area (Å²) >= 11 is 0. The predicted molar refractivity (Wildman–Crippen MR) is 117 cm³/mol. The number of esters is 1. The van der Waals surface area contributed by atoms with Crippen molar-refractivity contribution < 1.29 is 19.1 Å². The zero-order valence-corrected chi connectivity index (χ0v) is 17.9. The summed E-state index contributed by atoms with van der Waals surface area (Å²) in [5, 5.41) is 7.68. The van der Waals surface area contributed by atoms with E-state index >= 15 is 0 Å². The zero-order chi connectivity index (χ0) is 22.5. The van der Waals surface area contributed by atoms with Crippen molar-refractivity contribution in [3.05, 3.63) is 64.6 Å². The van der Waals surface area contributed by atoms with E-state index in [-0.39, 0.29) is 17.2 Å². The molecule has 162 valence electrons. The Hall–Kier alpha value is -3.68. The molecule has 3 rings (SSSR count). The number of ether oxygens (including phenoxy) is 2. The van der Waals surface area contributed by atoms with Gasteiger partial charge in [0.1, 0.15) is 5.75 Å². The monoisotopic (exact) mass is 423 g/mol. The third-order valence-electron chi connectivity index (χ3n) is 4.62. The van der Waals surface area contributed by atoms with Crippen molar-refractivity contribution in [1.29, 1.82) is 0 Å². The van der Waals surface area contributed by atoms with Crippen molar-refractivity contribution in [2.45, 2.75) is 33.4 Å². The average molecular weight is 423 g/mol. The lowest BCUT2D eigenvalue weighted by atomic mass is 10.1. The van der Waals surface area contributed by atoms with Gasteiger partial charge in [0, 0.05) is 11.9 Å². The van der Waals surface area contributed by atoms with Gasteiger partial charge in [-0.25, -0.2) is 9.48 Å². The number of fused-ring (bicyclic) bond motifs is 1. The minimum Gasteiger partial charge on any atom is -0.495 e. The molecule has 8 nitrogen and oxygen atoms in total. The van der Waals surface area contributed by atoms with E-state index in [0.29, 0.717) is 28.8 Å². The van der Waals surface area contributed by atoms with Crippen LogP contribution < -0.4 is 15.6 Å². The number of methoxy groups -OCH3 is 1. The topological polar surface area (TPSA) is 99.5 Å². The fourth-order valence-corrected chi connectivity index (χ4v) is 3.11. The number of carbonyl (C=O) groups is 2. The van der Waals surface area contributed by atoms with Crippen molar-refractivity contribution in [2.24, 2.45) is 5.92 Å². The zero-order valence-electron chi connectivity index (χ0n) is 17.9. The fraction of sp³-hybridized carbons (Fsp3) is 0.304. The highest BCUT2D eigenvalue weighted by Crippen LogP contribution is 2.23.